The molecule has 2 N–H and O–H groups in total. The van der Waals surface area contributed by atoms with E-state index in [0.717, 1.165) is 15.6 Å². The molecule has 5 nitrogen and oxygen atoms in total. The summed E-state index contributed by atoms with van der Waals surface area (Å²) in [5, 5.41) is 12.8. The Kier molecular flexibility index (Phi) is 4.77. The normalized spacial score (nSPS) is 10.5. The minimum Gasteiger partial charge on any atom is -0.477 e. The Hall–Kier alpha value is -2.86. The van der Waals surface area contributed by atoms with Crippen molar-refractivity contribution in [3.8, 4) is 0 Å². The van der Waals surface area contributed by atoms with Crippen LogP contribution in [0.1, 0.15) is 20.8 Å². The molecular formula is C18H15NO4S. The first kappa shape index (κ1) is 16.0. The van der Waals surface area contributed by atoms with Gasteiger partial charge in [-0.25, -0.2) is 9.59 Å². The van der Waals surface area contributed by atoms with Gasteiger partial charge >= 0.3 is 12.1 Å². The Morgan fingerprint density at radius 3 is 2.50 bits per heavy atom. The van der Waals surface area contributed by atoms with E-state index in [4.69, 9.17) is 4.74 Å². The lowest BCUT2D eigenvalue weighted by Crippen LogP contribution is -2.24. The van der Waals surface area contributed by atoms with Crippen molar-refractivity contribution in [3.63, 3.8) is 0 Å². The molecule has 3 aromatic rings. The molecule has 0 saturated heterocycles. The van der Waals surface area contributed by atoms with Crippen molar-refractivity contribution < 1.29 is 19.4 Å². The van der Waals surface area contributed by atoms with Gasteiger partial charge in [-0.1, -0.05) is 48.5 Å². The lowest BCUT2D eigenvalue weighted by Gasteiger charge is -2.07. The highest BCUT2D eigenvalue weighted by Crippen LogP contribution is 2.31. The smallest absolute Gasteiger partial charge is 0.407 e. The zero-order valence-corrected chi connectivity index (χ0v) is 13.5. The average molecular weight is 341 g/mol. The van der Waals surface area contributed by atoms with Crippen LogP contribution in [0.2, 0.25) is 0 Å². The second kappa shape index (κ2) is 7.14. The summed E-state index contributed by atoms with van der Waals surface area (Å²) in [4.78, 5) is 23.5. The number of thiophene rings is 1. The van der Waals surface area contributed by atoms with Crippen LogP contribution in [0.5, 0.6) is 0 Å². The molecule has 1 amide bonds. The second-order valence-electron chi connectivity index (χ2n) is 5.13. The molecule has 0 spiro atoms. The monoisotopic (exact) mass is 341 g/mol. The van der Waals surface area contributed by atoms with Crippen LogP contribution in [-0.4, -0.2) is 17.2 Å². The van der Waals surface area contributed by atoms with Crippen LogP contribution < -0.4 is 5.32 Å². The number of aromatic carboxylic acids is 1. The molecular weight excluding hydrogens is 326 g/mol. The summed E-state index contributed by atoms with van der Waals surface area (Å²) >= 11 is 1.20. The largest absolute Gasteiger partial charge is 0.477 e. The van der Waals surface area contributed by atoms with E-state index in [0.29, 0.717) is 5.56 Å². The van der Waals surface area contributed by atoms with E-state index in [1.54, 1.807) is 0 Å². The third kappa shape index (κ3) is 3.55. The fraction of sp³-hybridized carbons (Fsp3) is 0.111. The van der Waals surface area contributed by atoms with Gasteiger partial charge in [0.1, 0.15) is 11.5 Å². The van der Waals surface area contributed by atoms with Gasteiger partial charge < -0.3 is 15.2 Å². The summed E-state index contributed by atoms with van der Waals surface area (Å²) in [7, 11) is 0. The number of alkyl carbamates (subject to hydrolysis) is 1. The van der Waals surface area contributed by atoms with Crippen molar-refractivity contribution in [2.75, 3.05) is 0 Å². The molecule has 122 valence electrons. The molecule has 0 radical (unpaired) electrons. The van der Waals surface area contributed by atoms with Crippen molar-refractivity contribution in [1.29, 1.82) is 0 Å². The Morgan fingerprint density at radius 2 is 1.75 bits per heavy atom. The maximum atomic E-state index is 11.9. The molecule has 24 heavy (non-hydrogen) atoms. The highest BCUT2D eigenvalue weighted by Gasteiger charge is 2.18. The van der Waals surface area contributed by atoms with Crippen LogP contribution in [0.15, 0.2) is 54.6 Å². The summed E-state index contributed by atoms with van der Waals surface area (Å²) < 4.78 is 6.02. The van der Waals surface area contributed by atoms with Crippen molar-refractivity contribution in [2.24, 2.45) is 0 Å². The number of carbonyl (C=O) groups excluding carboxylic acids is 1. The molecule has 2 aromatic carbocycles. The lowest BCUT2D eigenvalue weighted by atomic mass is 10.1. The van der Waals surface area contributed by atoms with Gasteiger partial charge in [0.2, 0.25) is 0 Å². The number of amides is 1. The molecule has 0 aliphatic carbocycles. The second-order valence-corrected chi connectivity index (χ2v) is 6.18. The number of carbonyl (C=O) groups is 2. The Labute approximate surface area is 142 Å². The minimum absolute atomic E-state index is 0.110. The topological polar surface area (TPSA) is 75.6 Å². The number of benzene rings is 2. The first-order valence-electron chi connectivity index (χ1n) is 7.33. The Balaban J connectivity index is 1.68. The summed E-state index contributed by atoms with van der Waals surface area (Å²) in [6.07, 6.45) is -0.578. The van der Waals surface area contributed by atoms with E-state index < -0.39 is 12.1 Å². The molecule has 1 heterocycles. The van der Waals surface area contributed by atoms with Gasteiger partial charge in [0.25, 0.3) is 0 Å². The van der Waals surface area contributed by atoms with E-state index >= 15 is 0 Å². The van der Waals surface area contributed by atoms with Crippen molar-refractivity contribution in [1.82, 2.24) is 5.32 Å². The molecule has 0 bridgehead atoms. The van der Waals surface area contributed by atoms with Gasteiger partial charge in [0.15, 0.2) is 0 Å². The average Bonchev–Trinajstić information content (AvgIpc) is 2.98. The number of fused-ring (bicyclic) bond motifs is 1. The fourth-order valence-electron chi connectivity index (χ4n) is 2.38. The van der Waals surface area contributed by atoms with E-state index in [2.05, 4.69) is 5.32 Å². The van der Waals surface area contributed by atoms with Gasteiger partial charge in [0, 0.05) is 16.8 Å². The maximum Gasteiger partial charge on any atom is 0.407 e. The number of hydrogen-bond donors (Lipinski definition) is 2. The van der Waals surface area contributed by atoms with E-state index in [-0.39, 0.29) is 18.0 Å². The summed E-state index contributed by atoms with van der Waals surface area (Å²) in [6, 6.07) is 16.8. The SMILES string of the molecule is O=C(NCc1c(C(=O)O)sc2ccccc12)OCc1ccccc1. The van der Waals surface area contributed by atoms with Crippen molar-refractivity contribution in [3.05, 3.63) is 70.6 Å². The van der Waals surface area contributed by atoms with Crippen LogP contribution in [0.3, 0.4) is 0 Å². The van der Waals surface area contributed by atoms with Gasteiger partial charge in [-0.15, -0.1) is 11.3 Å². The molecule has 0 atom stereocenters. The standard InChI is InChI=1S/C18H15NO4S/c20-17(21)16-14(13-8-4-5-9-15(13)24-16)10-19-18(22)23-11-12-6-2-1-3-7-12/h1-9H,10-11H2,(H,19,22)(H,20,21). The third-order valence-corrected chi connectivity index (χ3v) is 4.72. The van der Waals surface area contributed by atoms with E-state index in [9.17, 15) is 14.7 Å². The molecule has 3 rings (SSSR count). The van der Waals surface area contributed by atoms with Crippen molar-refractivity contribution >= 4 is 33.5 Å². The number of carboxylic acids is 1. The number of hydrogen-bond acceptors (Lipinski definition) is 4. The van der Waals surface area contributed by atoms with Crippen LogP contribution >= 0.6 is 11.3 Å². The lowest BCUT2D eigenvalue weighted by molar-refractivity contribution is 0.0700. The molecule has 1 aromatic heterocycles. The molecule has 0 unspecified atom stereocenters. The van der Waals surface area contributed by atoms with E-state index in [1.807, 2.05) is 54.6 Å². The first-order valence-corrected chi connectivity index (χ1v) is 8.15. The third-order valence-electron chi connectivity index (χ3n) is 3.51. The Bertz CT molecular complexity index is 873. The molecule has 0 aliphatic rings. The molecule has 6 heteroatoms. The number of rotatable bonds is 5. The van der Waals surface area contributed by atoms with Crippen LogP contribution in [0, 0.1) is 0 Å². The van der Waals surface area contributed by atoms with Crippen LogP contribution in [0.4, 0.5) is 4.79 Å². The first-order chi connectivity index (χ1) is 11.6. The van der Waals surface area contributed by atoms with Crippen molar-refractivity contribution in [2.45, 2.75) is 13.2 Å². The van der Waals surface area contributed by atoms with Gasteiger partial charge in [0.05, 0.1) is 0 Å². The van der Waals surface area contributed by atoms with Gasteiger partial charge in [-0.3, -0.25) is 0 Å². The zero-order chi connectivity index (χ0) is 16.9. The van der Waals surface area contributed by atoms with Gasteiger partial charge in [-0.05, 0) is 17.0 Å². The number of ether oxygens (including phenoxy) is 1. The predicted octanol–water partition coefficient (Wildman–Crippen LogP) is 4.03. The maximum absolute atomic E-state index is 11.9. The van der Waals surface area contributed by atoms with Crippen LogP contribution in [-0.2, 0) is 17.9 Å². The predicted molar refractivity (Wildman–Crippen MR) is 92.3 cm³/mol. The zero-order valence-electron chi connectivity index (χ0n) is 12.7. The number of nitrogens with one attached hydrogen (secondary N) is 1. The van der Waals surface area contributed by atoms with Gasteiger partial charge in [-0.2, -0.15) is 0 Å². The summed E-state index contributed by atoms with van der Waals surface area (Å²) in [6.45, 7) is 0.280. The highest BCUT2D eigenvalue weighted by molar-refractivity contribution is 7.21. The van der Waals surface area contributed by atoms with Crippen LogP contribution in [0.25, 0.3) is 10.1 Å². The van der Waals surface area contributed by atoms with E-state index in [1.165, 1.54) is 11.3 Å². The molecule has 0 saturated carbocycles. The Morgan fingerprint density at radius 1 is 1.04 bits per heavy atom. The quantitative estimate of drug-likeness (QED) is 0.735. The molecule has 0 aliphatic heterocycles. The molecule has 0 fully saturated rings. The summed E-state index contributed by atoms with van der Waals surface area (Å²) in [5.74, 6) is -0.995. The highest BCUT2D eigenvalue weighted by atomic mass is 32.1. The minimum atomic E-state index is -0.995. The number of carboxylic acid groups (broad SMARTS) is 1. The fourth-order valence-corrected chi connectivity index (χ4v) is 3.44. The summed E-state index contributed by atoms with van der Waals surface area (Å²) in [5.41, 5.74) is 1.49.